The first kappa shape index (κ1) is 63.0. The molecule has 0 aliphatic carbocycles. The van der Waals surface area contributed by atoms with Crippen LogP contribution in [0.4, 0.5) is 0 Å². The van der Waals surface area contributed by atoms with Gasteiger partial charge in [-0.05, 0) is 57.8 Å². The van der Waals surface area contributed by atoms with E-state index in [2.05, 4.69) is 74.6 Å². The largest absolute Gasteiger partial charge is 0.545 e. The van der Waals surface area contributed by atoms with E-state index >= 15 is 0 Å². The molecule has 0 aliphatic rings. The predicted octanol–water partition coefficient (Wildman–Crippen LogP) is 14.0. The molecule has 0 aromatic carbocycles. The lowest BCUT2D eigenvalue weighted by Crippen LogP contribution is -2.44. The zero-order valence-electron chi connectivity index (χ0n) is 43.3. The Kier molecular flexibility index (Phi) is 46.2. The molecular weight excluding hydrogens is 827 g/mol. The molecule has 0 bridgehead atoms. The smallest absolute Gasteiger partial charge is 0.306 e. The fourth-order valence-corrected chi connectivity index (χ4v) is 7.39. The van der Waals surface area contributed by atoms with Crippen molar-refractivity contribution in [3.8, 4) is 0 Å². The Morgan fingerprint density at radius 1 is 0.470 bits per heavy atom. The number of ether oxygens (including phenoxy) is 4. The molecule has 9 heteroatoms. The van der Waals surface area contributed by atoms with E-state index in [1.165, 1.54) is 116 Å². The Hall–Kier alpha value is -3.01. The van der Waals surface area contributed by atoms with Crippen LogP contribution in [0.15, 0.2) is 60.8 Å². The molecule has 0 aromatic heterocycles. The SMILES string of the molecule is CC/C=C\C/C=C\C/C=C\C/C=C\C/C=C\CCCCCCCCCCCC(=O)OC(COC(=O)CCCCCCCCCCCCCCCCCC)COC(OCC[N+](C)(C)C)C(=O)[O-]. The molecule has 0 heterocycles. The predicted molar refractivity (Wildman–Crippen MR) is 274 cm³/mol. The number of unbranched alkanes of at least 4 members (excludes halogenated alkanes) is 24. The number of carbonyl (C=O) groups is 3. The minimum Gasteiger partial charge on any atom is -0.545 e. The summed E-state index contributed by atoms with van der Waals surface area (Å²) in [7, 11) is 5.92. The lowest BCUT2D eigenvalue weighted by molar-refractivity contribution is -0.870. The van der Waals surface area contributed by atoms with E-state index in [9.17, 15) is 19.5 Å². The van der Waals surface area contributed by atoms with Crippen LogP contribution in [0.1, 0.15) is 226 Å². The van der Waals surface area contributed by atoms with Crippen molar-refractivity contribution in [2.45, 2.75) is 238 Å². The van der Waals surface area contributed by atoms with Gasteiger partial charge in [0.05, 0.1) is 40.3 Å². The van der Waals surface area contributed by atoms with E-state index < -0.39 is 24.3 Å². The summed E-state index contributed by atoms with van der Waals surface area (Å²) >= 11 is 0. The molecule has 0 saturated carbocycles. The van der Waals surface area contributed by atoms with Crippen LogP contribution in [0.3, 0.4) is 0 Å². The van der Waals surface area contributed by atoms with Crippen LogP contribution in [0, 0.1) is 0 Å². The number of carbonyl (C=O) groups excluding carboxylic acids is 3. The maximum Gasteiger partial charge on any atom is 0.306 e. The van der Waals surface area contributed by atoms with Gasteiger partial charge in [-0.2, -0.15) is 0 Å². The third-order valence-corrected chi connectivity index (χ3v) is 11.5. The number of aliphatic carboxylic acids is 1. The first-order valence-corrected chi connectivity index (χ1v) is 26.9. The van der Waals surface area contributed by atoms with Crippen molar-refractivity contribution in [2.24, 2.45) is 0 Å². The molecule has 0 amide bonds. The summed E-state index contributed by atoms with van der Waals surface area (Å²) in [5.74, 6) is -2.29. The molecule has 0 spiro atoms. The number of carboxylic acid groups (broad SMARTS) is 1. The van der Waals surface area contributed by atoms with E-state index in [0.29, 0.717) is 23.9 Å². The second-order valence-electron chi connectivity index (χ2n) is 19.1. The summed E-state index contributed by atoms with van der Waals surface area (Å²) < 4.78 is 22.7. The fourth-order valence-electron chi connectivity index (χ4n) is 7.39. The second kappa shape index (κ2) is 48.4. The average Bonchev–Trinajstić information content (AvgIpc) is 3.28. The summed E-state index contributed by atoms with van der Waals surface area (Å²) in [6.45, 7) is 4.64. The van der Waals surface area contributed by atoms with Crippen LogP contribution in [0.5, 0.6) is 0 Å². The highest BCUT2D eigenvalue weighted by Crippen LogP contribution is 2.16. The van der Waals surface area contributed by atoms with Crippen LogP contribution in [0.25, 0.3) is 0 Å². The molecule has 2 atom stereocenters. The number of nitrogens with zero attached hydrogens (tertiary/aromatic N) is 1. The molecule has 0 fully saturated rings. The summed E-state index contributed by atoms with van der Waals surface area (Å²) in [5.41, 5.74) is 0. The highest BCUT2D eigenvalue weighted by atomic mass is 16.7. The van der Waals surface area contributed by atoms with Gasteiger partial charge in [0, 0.05) is 12.8 Å². The highest BCUT2D eigenvalue weighted by molar-refractivity contribution is 5.70. The van der Waals surface area contributed by atoms with Gasteiger partial charge in [0.25, 0.3) is 0 Å². The molecular formula is C57H101NO8. The molecule has 66 heavy (non-hydrogen) atoms. The van der Waals surface area contributed by atoms with E-state index in [1.54, 1.807) is 0 Å². The van der Waals surface area contributed by atoms with E-state index in [-0.39, 0.29) is 32.2 Å². The number of hydrogen-bond acceptors (Lipinski definition) is 8. The van der Waals surface area contributed by atoms with E-state index in [0.717, 1.165) is 77.0 Å². The summed E-state index contributed by atoms with van der Waals surface area (Å²) in [5, 5.41) is 11.7. The Morgan fingerprint density at radius 2 is 0.864 bits per heavy atom. The van der Waals surface area contributed by atoms with Gasteiger partial charge >= 0.3 is 11.9 Å². The third-order valence-electron chi connectivity index (χ3n) is 11.5. The molecule has 382 valence electrons. The number of hydrogen-bond donors (Lipinski definition) is 0. The Bertz CT molecular complexity index is 1270. The Balaban J connectivity index is 4.30. The maximum atomic E-state index is 12.8. The number of allylic oxidation sites excluding steroid dienone is 10. The molecule has 0 N–H and O–H groups in total. The number of quaternary nitrogens is 1. The first-order chi connectivity index (χ1) is 32.1. The first-order valence-electron chi connectivity index (χ1n) is 26.9. The molecule has 0 radical (unpaired) electrons. The quantitative estimate of drug-likeness (QED) is 0.0195. The fraction of sp³-hybridized carbons (Fsp3) is 0.772. The standard InChI is InChI=1S/C57H101NO8/c1-6-8-10-12-14-16-18-20-22-24-25-26-27-28-29-30-31-32-34-36-38-40-42-44-46-48-55(60)66-53(52-65-57(56(61)62)63-50-49-58(3,4)5)51-64-54(59)47-45-43-41-39-37-35-33-23-21-19-17-15-13-11-9-7-2/h8,10,14,16,20,22,25-26,28-29,53,57H,6-7,9,11-13,15,17-19,21,23-24,27,30-52H2,1-5H3/b10-8-,16-14-,22-20-,26-25-,29-28-. The van der Waals surface area contributed by atoms with Gasteiger partial charge in [-0.15, -0.1) is 0 Å². The van der Waals surface area contributed by atoms with Crippen molar-refractivity contribution in [3.05, 3.63) is 60.8 Å². The lowest BCUT2D eigenvalue weighted by atomic mass is 10.0. The average molecular weight is 928 g/mol. The summed E-state index contributed by atoms with van der Waals surface area (Å²) in [6, 6.07) is 0. The molecule has 2 unspecified atom stereocenters. The van der Waals surface area contributed by atoms with Gasteiger partial charge in [-0.1, -0.05) is 216 Å². The molecule has 9 nitrogen and oxygen atoms in total. The molecule has 0 rings (SSSR count). The van der Waals surface area contributed by atoms with Crippen molar-refractivity contribution >= 4 is 17.9 Å². The van der Waals surface area contributed by atoms with Gasteiger partial charge in [0.1, 0.15) is 13.2 Å². The van der Waals surface area contributed by atoms with Crippen molar-refractivity contribution in [2.75, 3.05) is 47.5 Å². The van der Waals surface area contributed by atoms with Crippen molar-refractivity contribution in [1.29, 1.82) is 0 Å². The van der Waals surface area contributed by atoms with Crippen molar-refractivity contribution in [3.63, 3.8) is 0 Å². The topological polar surface area (TPSA) is 111 Å². The van der Waals surface area contributed by atoms with E-state index in [4.69, 9.17) is 18.9 Å². The van der Waals surface area contributed by atoms with Crippen molar-refractivity contribution < 1.29 is 42.9 Å². The van der Waals surface area contributed by atoms with Crippen LogP contribution in [-0.2, 0) is 33.3 Å². The van der Waals surface area contributed by atoms with Gasteiger partial charge in [-0.25, -0.2) is 0 Å². The third kappa shape index (κ3) is 48.9. The van der Waals surface area contributed by atoms with Crippen LogP contribution in [-0.4, -0.2) is 82.3 Å². The summed E-state index contributed by atoms with van der Waals surface area (Å²) in [6.07, 6.45) is 56.8. The Labute approximate surface area is 405 Å². The number of esters is 2. The second-order valence-corrected chi connectivity index (χ2v) is 19.1. The van der Waals surface area contributed by atoms with E-state index in [1.807, 2.05) is 21.1 Å². The Morgan fingerprint density at radius 3 is 1.29 bits per heavy atom. The molecule has 0 aliphatic heterocycles. The zero-order valence-corrected chi connectivity index (χ0v) is 43.3. The van der Waals surface area contributed by atoms with Gasteiger partial charge in [0.2, 0.25) is 0 Å². The minimum atomic E-state index is -1.62. The van der Waals surface area contributed by atoms with Crippen LogP contribution in [0.2, 0.25) is 0 Å². The number of carboxylic acids is 1. The van der Waals surface area contributed by atoms with Crippen LogP contribution < -0.4 is 5.11 Å². The highest BCUT2D eigenvalue weighted by Gasteiger charge is 2.22. The minimum absolute atomic E-state index is 0.146. The summed E-state index contributed by atoms with van der Waals surface area (Å²) in [4.78, 5) is 37.2. The van der Waals surface area contributed by atoms with Gasteiger partial charge in [-0.3, -0.25) is 9.59 Å². The maximum absolute atomic E-state index is 12.8. The normalized spacial score (nSPS) is 13.3. The van der Waals surface area contributed by atoms with Crippen LogP contribution >= 0.6 is 0 Å². The van der Waals surface area contributed by atoms with Gasteiger partial charge in [0.15, 0.2) is 12.4 Å². The number of rotatable bonds is 49. The lowest BCUT2D eigenvalue weighted by Gasteiger charge is -2.26. The van der Waals surface area contributed by atoms with Gasteiger partial charge < -0.3 is 33.3 Å². The molecule has 0 saturated heterocycles. The van der Waals surface area contributed by atoms with Crippen molar-refractivity contribution in [1.82, 2.24) is 0 Å². The molecule has 0 aromatic rings. The monoisotopic (exact) mass is 928 g/mol. The zero-order chi connectivity index (χ0) is 48.4. The number of likely N-dealkylation sites (N-methyl/N-ethyl adjacent to an activating group) is 1.